The summed E-state index contributed by atoms with van der Waals surface area (Å²) in [5.41, 5.74) is 3.37. The fourth-order valence-electron chi connectivity index (χ4n) is 2.68. The first kappa shape index (κ1) is 16.6. The molecule has 3 rings (SSSR count). The Kier molecular flexibility index (Phi) is 5.54. The van der Waals surface area contributed by atoms with Crippen molar-refractivity contribution >= 4 is 38.4 Å². The van der Waals surface area contributed by atoms with Crippen molar-refractivity contribution in [3.05, 3.63) is 64.8 Å². The van der Waals surface area contributed by atoms with Gasteiger partial charge in [-0.2, -0.15) is 0 Å². The Morgan fingerprint density at radius 2 is 1.83 bits per heavy atom. The van der Waals surface area contributed by atoms with Gasteiger partial charge in [-0.1, -0.05) is 30.3 Å². The second-order valence-corrected chi connectivity index (χ2v) is 6.47. The van der Waals surface area contributed by atoms with E-state index in [0.717, 1.165) is 22.1 Å². The molecule has 24 heavy (non-hydrogen) atoms. The lowest BCUT2D eigenvalue weighted by Crippen LogP contribution is -2.27. The van der Waals surface area contributed by atoms with Crippen LogP contribution in [0.25, 0.3) is 10.9 Å². The first-order valence-electron chi connectivity index (χ1n) is 8.04. The zero-order valence-electron chi connectivity index (χ0n) is 13.3. The molecule has 0 aliphatic carbocycles. The average molecular weight is 386 g/mol. The molecule has 0 fully saturated rings. The summed E-state index contributed by atoms with van der Waals surface area (Å²) in [6, 6.07) is 16.1. The number of aromatic nitrogens is 1. The van der Waals surface area contributed by atoms with Gasteiger partial charge >= 0.3 is 0 Å². The first-order chi connectivity index (χ1) is 11.7. The van der Waals surface area contributed by atoms with Crippen LogP contribution in [0, 0.1) is 0 Å². The summed E-state index contributed by atoms with van der Waals surface area (Å²) in [6.45, 7) is 1.26. The highest BCUT2D eigenvalue weighted by Gasteiger charge is 2.05. The molecule has 0 atom stereocenters. The number of para-hydroxylation sites is 2. The Bertz CT molecular complexity index is 828. The SMILES string of the molecule is O=C(CCNc1ccccc1Br)NCCc1c[nH]c2ccccc12. The number of amides is 1. The Labute approximate surface area is 149 Å². The normalized spacial score (nSPS) is 10.7. The van der Waals surface area contributed by atoms with Crippen LogP contribution in [0.1, 0.15) is 12.0 Å². The molecule has 5 heteroatoms. The number of hydrogen-bond acceptors (Lipinski definition) is 2. The molecule has 1 heterocycles. The van der Waals surface area contributed by atoms with Gasteiger partial charge in [-0.15, -0.1) is 0 Å². The predicted octanol–water partition coefficient (Wildman–Crippen LogP) is 4.09. The van der Waals surface area contributed by atoms with Crippen LogP contribution in [-0.4, -0.2) is 24.0 Å². The van der Waals surface area contributed by atoms with Crippen molar-refractivity contribution in [2.75, 3.05) is 18.4 Å². The smallest absolute Gasteiger partial charge is 0.221 e. The molecule has 3 aromatic rings. The minimum absolute atomic E-state index is 0.0643. The number of aromatic amines is 1. The van der Waals surface area contributed by atoms with Crippen molar-refractivity contribution in [1.82, 2.24) is 10.3 Å². The van der Waals surface area contributed by atoms with Crippen molar-refractivity contribution in [3.8, 4) is 0 Å². The van der Waals surface area contributed by atoms with E-state index in [0.29, 0.717) is 19.5 Å². The molecule has 2 aromatic carbocycles. The summed E-state index contributed by atoms with van der Waals surface area (Å²) in [6.07, 6.45) is 3.30. The van der Waals surface area contributed by atoms with Gasteiger partial charge in [-0.25, -0.2) is 0 Å². The third-order valence-corrected chi connectivity index (χ3v) is 4.62. The highest BCUT2D eigenvalue weighted by atomic mass is 79.9. The Hall–Kier alpha value is -2.27. The van der Waals surface area contributed by atoms with Gasteiger partial charge in [0, 0.05) is 46.8 Å². The summed E-state index contributed by atoms with van der Waals surface area (Å²) in [5.74, 6) is 0.0643. The second kappa shape index (κ2) is 8.02. The van der Waals surface area contributed by atoms with E-state index in [2.05, 4.69) is 43.7 Å². The first-order valence-corrected chi connectivity index (χ1v) is 8.83. The second-order valence-electron chi connectivity index (χ2n) is 5.62. The maximum Gasteiger partial charge on any atom is 0.221 e. The fourth-order valence-corrected chi connectivity index (χ4v) is 3.10. The number of anilines is 1. The summed E-state index contributed by atoms with van der Waals surface area (Å²) in [4.78, 5) is 15.2. The van der Waals surface area contributed by atoms with Crippen LogP contribution in [-0.2, 0) is 11.2 Å². The summed E-state index contributed by atoms with van der Waals surface area (Å²) < 4.78 is 1.00. The molecule has 0 aliphatic heterocycles. The van der Waals surface area contributed by atoms with Gasteiger partial charge in [-0.05, 0) is 46.1 Å². The van der Waals surface area contributed by atoms with Crippen LogP contribution in [0.4, 0.5) is 5.69 Å². The molecule has 3 N–H and O–H groups in total. The largest absolute Gasteiger partial charge is 0.384 e. The number of carbonyl (C=O) groups excluding carboxylic acids is 1. The molecule has 0 unspecified atom stereocenters. The number of nitrogens with one attached hydrogen (secondary N) is 3. The lowest BCUT2D eigenvalue weighted by atomic mass is 10.1. The molecule has 4 nitrogen and oxygen atoms in total. The van der Waals surface area contributed by atoms with Crippen LogP contribution in [0.2, 0.25) is 0 Å². The Balaban J connectivity index is 1.41. The van der Waals surface area contributed by atoms with Crippen molar-refractivity contribution < 1.29 is 4.79 Å². The lowest BCUT2D eigenvalue weighted by molar-refractivity contribution is -0.120. The van der Waals surface area contributed by atoms with E-state index in [1.54, 1.807) is 0 Å². The van der Waals surface area contributed by atoms with Crippen LogP contribution in [0.5, 0.6) is 0 Å². The molecule has 0 radical (unpaired) electrons. The number of rotatable bonds is 7. The molecule has 0 spiro atoms. The Morgan fingerprint density at radius 1 is 1.04 bits per heavy atom. The number of benzene rings is 2. The molecule has 0 saturated heterocycles. The minimum Gasteiger partial charge on any atom is -0.384 e. The molecule has 1 aromatic heterocycles. The van der Waals surface area contributed by atoms with E-state index in [4.69, 9.17) is 0 Å². The maximum atomic E-state index is 11.9. The number of hydrogen-bond donors (Lipinski definition) is 3. The van der Waals surface area contributed by atoms with Gasteiger partial charge in [0.2, 0.25) is 5.91 Å². The standard InChI is InChI=1S/C19H20BrN3O/c20-16-6-2-4-8-18(16)21-12-10-19(24)22-11-9-14-13-23-17-7-3-1-5-15(14)17/h1-8,13,21,23H,9-12H2,(H,22,24). The number of H-pyrrole nitrogens is 1. The van der Waals surface area contributed by atoms with Gasteiger partial charge in [0.15, 0.2) is 0 Å². The van der Waals surface area contributed by atoms with Gasteiger partial charge in [-0.3, -0.25) is 4.79 Å². The molecule has 124 valence electrons. The molecule has 0 bridgehead atoms. The van der Waals surface area contributed by atoms with Crippen LogP contribution < -0.4 is 10.6 Å². The number of carbonyl (C=O) groups is 1. The third kappa shape index (κ3) is 4.17. The third-order valence-electron chi connectivity index (χ3n) is 3.93. The van der Waals surface area contributed by atoms with E-state index in [-0.39, 0.29) is 5.91 Å². The zero-order chi connectivity index (χ0) is 16.8. The van der Waals surface area contributed by atoms with Gasteiger partial charge in [0.25, 0.3) is 0 Å². The molecule has 0 aliphatic rings. The van der Waals surface area contributed by atoms with Crippen molar-refractivity contribution in [2.24, 2.45) is 0 Å². The van der Waals surface area contributed by atoms with Crippen LogP contribution in [0.3, 0.4) is 0 Å². The van der Waals surface area contributed by atoms with Gasteiger partial charge in [0.1, 0.15) is 0 Å². The zero-order valence-corrected chi connectivity index (χ0v) is 14.9. The maximum absolute atomic E-state index is 11.9. The van der Waals surface area contributed by atoms with Gasteiger partial charge in [0.05, 0.1) is 0 Å². The van der Waals surface area contributed by atoms with E-state index < -0.39 is 0 Å². The number of halogens is 1. The Morgan fingerprint density at radius 3 is 2.71 bits per heavy atom. The summed E-state index contributed by atoms with van der Waals surface area (Å²) >= 11 is 3.48. The highest BCUT2D eigenvalue weighted by molar-refractivity contribution is 9.10. The molecular formula is C19H20BrN3O. The quantitative estimate of drug-likeness (QED) is 0.573. The minimum atomic E-state index is 0.0643. The van der Waals surface area contributed by atoms with Crippen molar-refractivity contribution in [3.63, 3.8) is 0 Å². The average Bonchev–Trinajstić information content (AvgIpc) is 3.00. The van der Waals surface area contributed by atoms with E-state index in [1.807, 2.05) is 42.6 Å². The van der Waals surface area contributed by atoms with Crippen molar-refractivity contribution in [2.45, 2.75) is 12.8 Å². The van der Waals surface area contributed by atoms with Crippen LogP contribution in [0.15, 0.2) is 59.2 Å². The lowest BCUT2D eigenvalue weighted by Gasteiger charge is -2.08. The van der Waals surface area contributed by atoms with Crippen molar-refractivity contribution in [1.29, 1.82) is 0 Å². The fraction of sp³-hybridized carbons (Fsp3) is 0.211. The van der Waals surface area contributed by atoms with E-state index >= 15 is 0 Å². The summed E-state index contributed by atoms with van der Waals surface area (Å²) in [7, 11) is 0. The molecule has 1 amide bonds. The topological polar surface area (TPSA) is 56.9 Å². The number of fused-ring (bicyclic) bond motifs is 1. The molecular weight excluding hydrogens is 366 g/mol. The van der Waals surface area contributed by atoms with Gasteiger partial charge < -0.3 is 15.6 Å². The highest BCUT2D eigenvalue weighted by Crippen LogP contribution is 2.21. The van der Waals surface area contributed by atoms with E-state index in [1.165, 1.54) is 10.9 Å². The van der Waals surface area contributed by atoms with E-state index in [9.17, 15) is 4.79 Å². The van der Waals surface area contributed by atoms with Crippen LogP contribution >= 0.6 is 15.9 Å². The monoisotopic (exact) mass is 385 g/mol. The summed E-state index contributed by atoms with van der Waals surface area (Å²) in [5, 5.41) is 7.47. The molecule has 0 saturated carbocycles. The predicted molar refractivity (Wildman–Crippen MR) is 102 cm³/mol.